The van der Waals surface area contributed by atoms with Crippen molar-refractivity contribution >= 4 is 17.4 Å². The third kappa shape index (κ3) is 4.95. The summed E-state index contributed by atoms with van der Waals surface area (Å²) in [6, 6.07) is 17.1. The number of Topliss-reactive ketones (excluding diaryl/α,β-unsaturated/α-hetero) is 1. The molecule has 0 aliphatic heterocycles. The Bertz CT molecular complexity index is 651. The molecule has 0 unspecified atom stereocenters. The number of carbonyl (C=O) groups excluding carboxylic acids is 2. The first-order chi connectivity index (χ1) is 11.1. The van der Waals surface area contributed by atoms with Crippen LogP contribution in [0.25, 0.3) is 0 Å². The van der Waals surface area contributed by atoms with Crippen LogP contribution >= 0.6 is 0 Å². The van der Waals surface area contributed by atoms with Crippen molar-refractivity contribution in [2.45, 2.75) is 20.4 Å². The van der Waals surface area contributed by atoms with Gasteiger partial charge in [0, 0.05) is 24.3 Å². The Morgan fingerprint density at radius 2 is 1.65 bits per heavy atom. The van der Waals surface area contributed by atoms with Crippen molar-refractivity contribution in [3.05, 3.63) is 65.7 Å². The summed E-state index contributed by atoms with van der Waals surface area (Å²) in [5, 5.41) is 3.11. The maximum Gasteiger partial charge on any atom is 0.242 e. The van der Waals surface area contributed by atoms with Crippen LogP contribution in [0.4, 0.5) is 5.69 Å². The molecule has 0 spiro atoms. The largest absolute Gasteiger partial charge is 0.376 e. The summed E-state index contributed by atoms with van der Waals surface area (Å²) >= 11 is 0. The number of nitrogens with zero attached hydrogens (tertiary/aromatic N) is 1. The second-order valence-electron chi connectivity index (χ2n) is 5.38. The van der Waals surface area contributed by atoms with Gasteiger partial charge in [-0.25, -0.2) is 0 Å². The lowest BCUT2D eigenvalue weighted by Gasteiger charge is -2.21. The second-order valence-corrected chi connectivity index (χ2v) is 5.38. The Labute approximate surface area is 137 Å². The highest BCUT2D eigenvalue weighted by Crippen LogP contribution is 2.10. The molecular weight excluding hydrogens is 288 g/mol. The first-order valence-electron chi connectivity index (χ1n) is 7.76. The number of benzene rings is 2. The lowest BCUT2D eigenvalue weighted by Crippen LogP contribution is -2.34. The van der Waals surface area contributed by atoms with Gasteiger partial charge in [-0.05, 0) is 43.7 Å². The fourth-order valence-electron chi connectivity index (χ4n) is 2.29. The smallest absolute Gasteiger partial charge is 0.242 e. The van der Waals surface area contributed by atoms with E-state index in [2.05, 4.69) is 5.32 Å². The maximum atomic E-state index is 12.3. The molecule has 0 bridgehead atoms. The van der Waals surface area contributed by atoms with Crippen LogP contribution in [-0.4, -0.2) is 29.7 Å². The van der Waals surface area contributed by atoms with Gasteiger partial charge in [0.15, 0.2) is 5.78 Å². The number of nitrogens with one attached hydrogen (secondary N) is 1. The van der Waals surface area contributed by atoms with Gasteiger partial charge >= 0.3 is 0 Å². The normalized spacial score (nSPS) is 10.2. The number of ketones is 1. The summed E-state index contributed by atoms with van der Waals surface area (Å²) in [6.45, 7) is 5.02. The molecule has 0 aliphatic rings. The third-order valence-corrected chi connectivity index (χ3v) is 3.69. The van der Waals surface area contributed by atoms with E-state index >= 15 is 0 Å². The molecule has 4 heteroatoms. The number of hydrogen-bond acceptors (Lipinski definition) is 3. The quantitative estimate of drug-likeness (QED) is 0.798. The van der Waals surface area contributed by atoms with E-state index in [4.69, 9.17) is 0 Å². The van der Waals surface area contributed by atoms with Crippen LogP contribution in [0, 0.1) is 0 Å². The molecule has 2 rings (SSSR count). The molecule has 0 atom stereocenters. The zero-order valence-corrected chi connectivity index (χ0v) is 13.6. The monoisotopic (exact) mass is 310 g/mol. The molecule has 1 N–H and O–H groups in total. The number of likely N-dealkylation sites (N-methyl/N-ethyl adjacent to an activating group) is 1. The Morgan fingerprint density at radius 3 is 2.22 bits per heavy atom. The average Bonchev–Trinajstić information content (AvgIpc) is 2.58. The fourth-order valence-corrected chi connectivity index (χ4v) is 2.29. The third-order valence-electron chi connectivity index (χ3n) is 3.69. The van der Waals surface area contributed by atoms with Gasteiger partial charge in [0.1, 0.15) is 0 Å². The SMILES string of the molecule is CCN(Cc1ccccc1)C(=O)CNc1ccc(C(C)=O)cc1. The standard InChI is InChI=1S/C19H22N2O2/c1-3-21(14-16-7-5-4-6-8-16)19(23)13-20-18-11-9-17(10-12-18)15(2)22/h4-12,20H,3,13-14H2,1-2H3. The molecule has 0 saturated carbocycles. The van der Waals surface area contributed by atoms with Gasteiger partial charge in [-0.2, -0.15) is 0 Å². The van der Waals surface area contributed by atoms with Crippen LogP contribution < -0.4 is 5.32 Å². The van der Waals surface area contributed by atoms with Crippen molar-refractivity contribution in [1.82, 2.24) is 4.90 Å². The van der Waals surface area contributed by atoms with Gasteiger partial charge in [-0.1, -0.05) is 30.3 Å². The van der Waals surface area contributed by atoms with Crippen LogP contribution in [0.3, 0.4) is 0 Å². The topological polar surface area (TPSA) is 49.4 Å². The van der Waals surface area contributed by atoms with Gasteiger partial charge in [0.25, 0.3) is 0 Å². The fraction of sp³-hybridized carbons (Fsp3) is 0.263. The summed E-state index contributed by atoms with van der Waals surface area (Å²) in [4.78, 5) is 25.4. The summed E-state index contributed by atoms with van der Waals surface area (Å²) in [6.07, 6.45) is 0. The molecule has 23 heavy (non-hydrogen) atoms. The molecule has 0 aliphatic carbocycles. The van der Waals surface area contributed by atoms with Gasteiger partial charge in [-0.3, -0.25) is 9.59 Å². The molecule has 4 nitrogen and oxygen atoms in total. The van der Waals surface area contributed by atoms with E-state index in [1.165, 1.54) is 6.92 Å². The highest BCUT2D eigenvalue weighted by Gasteiger charge is 2.11. The van der Waals surface area contributed by atoms with Crippen molar-refractivity contribution in [2.75, 3.05) is 18.4 Å². The number of hydrogen-bond donors (Lipinski definition) is 1. The molecular formula is C19H22N2O2. The van der Waals surface area contributed by atoms with Crippen molar-refractivity contribution in [3.8, 4) is 0 Å². The Kier molecular flexibility index (Phi) is 5.92. The highest BCUT2D eigenvalue weighted by atomic mass is 16.2. The Balaban J connectivity index is 1.90. The predicted octanol–water partition coefficient (Wildman–Crippen LogP) is 3.35. The lowest BCUT2D eigenvalue weighted by molar-refractivity contribution is -0.129. The second kappa shape index (κ2) is 8.13. The van der Waals surface area contributed by atoms with Crippen LogP contribution in [0.2, 0.25) is 0 Å². The van der Waals surface area contributed by atoms with E-state index in [0.29, 0.717) is 18.7 Å². The summed E-state index contributed by atoms with van der Waals surface area (Å²) in [5.74, 6) is 0.0830. The van der Waals surface area contributed by atoms with Gasteiger partial charge < -0.3 is 10.2 Å². The van der Waals surface area contributed by atoms with Gasteiger partial charge in [-0.15, -0.1) is 0 Å². The summed E-state index contributed by atoms with van der Waals surface area (Å²) in [7, 11) is 0. The minimum atomic E-state index is 0.0349. The van der Waals surface area contributed by atoms with Crippen molar-refractivity contribution in [3.63, 3.8) is 0 Å². The molecule has 0 aromatic heterocycles. The minimum Gasteiger partial charge on any atom is -0.376 e. The van der Waals surface area contributed by atoms with Gasteiger partial charge in [0.05, 0.1) is 6.54 Å². The number of rotatable bonds is 7. The van der Waals surface area contributed by atoms with Crippen molar-refractivity contribution in [1.29, 1.82) is 0 Å². The number of carbonyl (C=O) groups is 2. The van der Waals surface area contributed by atoms with Crippen molar-refractivity contribution in [2.24, 2.45) is 0 Å². The van der Waals surface area contributed by atoms with E-state index in [9.17, 15) is 9.59 Å². The van der Waals surface area contributed by atoms with Crippen LogP contribution in [0.1, 0.15) is 29.8 Å². The Hall–Kier alpha value is -2.62. The molecule has 0 heterocycles. The van der Waals surface area contributed by atoms with Crippen LogP contribution in [-0.2, 0) is 11.3 Å². The van der Waals surface area contributed by atoms with Gasteiger partial charge in [0.2, 0.25) is 5.91 Å². The molecule has 2 aromatic carbocycles. The number of amides is 1. The van der Waals surface area contributed by atoms with Crippen LogP contribution in [0.5, 0.6) is 0 Å². The summed E-state index contributed by atoms with van der Waals surface area (Å²) in [5.41, 5.74) is 2.62. The zero-order valence-electron chi connectivity index (χ0n) is 13.6. The molecule has 120 valence electrons. The molecule has 0 saturated heterocycles. The molecule has 2 aromatic rings. The Morgan fingerprint density at radius 1 is 1.00 bits per heavy atom. The van der Waals surface area contributed by atoms with E-state index < -0.39 is 0 Å². The number of anilines is 1. The van der Waals surface area contributed by atoms with E-state index in [-0.39, 0.29) is 18.2 Å². The zero-order chi connectivity index (χ0) is 16.7. The lowest BCUT2D eigenvalue weighted by atomic mass is 10.1. The van der Waals surface area contributed by atoms with E-state index in [1.54, 1.807) is 12.1 Å². The minimum absolute atomic E-state index is 0.0349. The predicted molar refractivity (Wildman–Crippen MR) is 92.5 cm³/mol. The van der Waals surface area contributed by atoms with E-state index in [1.807, 2.05) is 54.3 Å². The van der Waals surface area contributed by atoms with Crippen LogP contribution in [0.15, 0.2) is 54.6 Å². The molecule has 1 amide bonds. The average molecular weight is 310 g/mol. The first kappa shape index (κ1) is 16.7. The molecule has 0 radical (unpaired) electrons. The molecule has 0 fully saturated rings. The first-order valence-corrected chi connectivity index (χ1v) is 7.76. The van der Waals surface area contributed by atoms with E-state index in [0.717, 1.165) is 11.3 Å². The highest BCUT2D eigenvalue weighted by molar-refractivity contribution is 5.94. The van der Waals surface area contributed by atoms with Crippen molar-refractivity contribution < 1.29 is 9.59 Å². The maximum absolute atomic E-state index is 12.3. The summed E-state index contributed by atoms with van der Waals surface area (Å²) < 4.78 is 0.